The Morgan fingerprint density at radius 3 is 2.67 bits per heavy atom. The summed E-state index contributed by atoms with van der Waals surface area (Å²) in [7, 11) is -0.601. The van der Waals surface area contributed by atoms with Crippen LogP contribution in [-0.2, 0) is 16.4 Å². The Morgan fingerprint density at radius 1 is 1.33 bits per heavy atom. The number of hydrogen-bond acceptors (Lipinski definition) is 5. The van der Waals surface area contributed by atoms with E-state index < -0.39 is 10.0 Å². The van der Waals surface area contributed by atoms with Gasteiger partial charge in [0.05, 0.1) is 15.6 Å². The van der Waals surface area contributed by atoms with Crippen LogP contribution < -0.4 is 5.32 Å². The molecule has 0 aliphatic rings. The van der Waals surface area contributed by atoms with Gasteiger partial charge in [-0.1, -0.05) is 13.0 Å². The van der Waals surface area contributed by atoms with Gasteiger partial charge in [0, 0.05) is 19.8 Å². The van der Waals surface area contributed by atoms with Crippen LogP contribution in [0, 0.1) is 6.92 Å². The van der Waals surface area contributed by atoms with Crippen LogP contribution in [0.5, 0.6) is 0 Å². The molecule has 0 saturated heterocycles. The van der Waals surface area contributed by atoms with E-state index in [0.29, 0.717) is 16.3 Å². The van der Waals surface area contributed by atoms with Gasteiger partial charge in [0.1, 0.15) is 4.88 Å². The van der Waals surface area contributed by atoms with Crippen LogP contribution in [0.25, 0.3) is 0 Å². The first-order chi connectivity index (χ1) is 11.3. The van der Waals surface area contributed by atoms with Crippen molar-refractivity contribution in [3.63, 3.8) is 0 Å². The Bertz CT molecular complexity index is 842. The fourth-order valence-corrected chi connectivity index (χ4v) is 4.13. The molecule has 1 aromatic carbocycles. The summed E-state index contributed by atoms with van der Waals surface area (Å²) in [5.74, 6) is -0.272. The maximum absolute atomic E-state index is 12.4. The van der Waals surface area contributed by atoms with Gasteiger partial charge in [-0.25, -0.2) is 17.7 Å². The summed E-state index contributed by atoms with van der Waals surface area (Å²) in [5.41, 5.74) is 1.13. The molecule has 0 atom stereocenters. The lowest BCUT2D eigenvalue weighted by Gasteiger charge is -2.12. The first kappa shape index (κ1) is 18.6. The van der Waals surface area contributed by atoms with Crippen molar-refractivity contribution in [2.45, 2.75) is 31.6 Å². The zero-order chi connectivity index (χ0) is 17.9. The Kier molecular flexibility index (Phi) is 5.74. The molecule has 1 amide bonds. The topological polar surface area (TPSA) is 79.4 Å². The maximum Gasteiger partial charge on any atom is 0.267 e. The summed E-state index contributed by atoms with van der Waals surface area (Å²) in [6.45, 7) is 3.87. The van der Waals surface area contributed by atoms with E-state index in [0.717, 1.165) is 22.2 Å². The summed E-state index contributed by atoms with van der Waals surface area (Å²) in [6, 6.07) is 6.22. The van der Waals surface area contributed by atoms with Crippen LogP contribution in [0.1, 0.15) is 33.7 Å². The van der Waals surface area contributed by atoms with Crippen LogP contribution in [-0.4, -0.2) is 37.7 Å². The van der Waals surface area contributed by atoms with E-state index in [-0.39, 0.29) is 10.8 Å². The van der Waals surface area contributed by atoms with Crippen LogP contribution in [0.4, 0.5) is 5.69 Å². The van der Waals surface area contributed by atoms with Gasteiger partial charge in [-0.05, 0) is 38.0 Å². The molecule has 0 fully saturated rings. The minimum absolute atomic E-state index is 0.137. The van der Waals surface area contributed by atoms with Crippen LogP contribution in [0.2, 0.25) is 0 Å². The molecule has 6 nitrogen and oxygen atoms in total. The number of sulfonamides is 1. The van der Waals surface area contributed by atoms with Crippen molar-refractivity contribution < 1.29 is 13.2 Å². The van der Waals surface area contributed by atoms with Gasteiger partial charge in [-0.2, -0.15) is 0 Å². The number of nitrogens with zero attached hydrogens (tertiary/aromatic N) is 2. The second kappa shape index (κ2) is 7.42. The molecular weight excluding hydrogens is 346 g/mol. The number of hydrogen-bond donors (Lipinski definition) is 1. The number of amides is 1. The highest BCUT2D eigenvalue weighted by molar-refractivity contribution is 7.89. The van der Waals surface area contributed by atoms with Gasteiger partial charge >= 0.3 is 0 Å². The summed E-state index contributed by atoms with van der Waals surface area (Å²) >= 11 is 1.38. The van der Waals surface area contributed by atoms with Crippen molar-refractivity contribution >= 4 is 33.0 Å². The van der Waals surface area contributed by atoms with Gasteiger partial charge in [0.2, 0.25) is 10.0 Å². The third kappa shape index (κ3) is 4.00. The SMILES string of the molecule is CCCc1nc(C)c(C(=O)Nc2cccc(S(=O)(=O)N(C)C)c2)s1. The second-order valence-corrected chi connectivity index (χ2v) is 8.78. The normalized spacial score (nSPS) is 11.7. The van der Waals surface area contributed by atoms with Gasteiger partial charge < -0.3 is 5.32 Å². The number of nitrogens with one attached hydrogen (secondary N) is 1. The lowest BCUT2D eigenvalue weighted by molar-refractivity contribution is 0.102. The number of thiazole rings is 1. The molecule has 0 aliphatic heterocycles. The predicted molar refractivity (Wildman–Crippen MR) is 96.1 cm³/mol. The van der Waals surface area contributed by atoms with Crippen LogP contribution in [0.15, 0.2) is 29.2 Å². The monoisotopic (exact) mass is 367 g/mol. The molecule has 0 aliphatic carbocycles. The smallest absolute Gasteiger partial charge is 0.267 e. The molecule has 2 aromatic rings. The zero-order valence-electron chi connectivity index (χ0n) is 14.2. The van der Waals surface area contributed by atoms with E-state index in [2.05, 4.69) is 17.2 Å². The molecule has 0 spiro atoms. The second-order valence-electron chi connectivity index (χ2n) is 5.54. The molecule has 0 unspecified atom stereocenters. The quantitative estimate of drug-likeness (QED) is 0.851. The van der Waals surface area contributed by atoms with E-state index >= 15 is 0 Å². The van der Waals surface area contributed by atoms with Gasteiger partial charge in [0.25, 0.3) is 5.91 Å². The standard InChI is InChI=1S/C16H21N3O3S2/c1-5-7-14-17-11(2)15(23-14)16(20)18-12-8-6-9-13(10-12)24(21,22)19(3)4/h6,8-10H,5,7H2,1-4H3,(H,18,20). The van der Waals surface area contributed by atoms with Crippen molar-refractivity contribution in [2.75, 3.05) is 19.4 Å². The molecule has 24 heavy (non-hydrogen) atoms. The summed E-state index contributed by atoms with van der Waals surface area (Å²) in [4.78, 5) is 17.5. The van der Waals surface area contributed by atoms with Crippen molar-refractivity contribution in [3.8, 4) is 0 Å². The molecule has 130 valence electrons. The average molecular weight is 367 g/mol. The van der Waals surface area contributed by atoms with E-state index in [4.69, 9.17) is 0 Å². The molecule has 2 rings (SSSR count). The predicted octanol–water partition coefficient (Wildman–Crippen LogP) is 2.91. The fraction of sp³-hybridized carbons (Fsp3) is 0.375. The number of anilines is 1. The van der Waals surface area contributed by atoms with Gasteiger partial charge in [0.15, 0.2) is 0 Å². The molecule has 0 saturated carbocycles. The number of benzene rings is 1. The van der Waals surface area contributed by atoms with E-state index in [9.17, 15) is 13.2 Å². The molecule has 1 N–H and O–H groups in total. The zero-order valence-corrected chi connectivity index (χ0v) is 15.8. The number of aromatic nitrogens is 1. The van der Waals surface area contributed by atoms with Crippen molar-refractivity contribution in [1.29, 1.82) is 0 Å². The van der Waals surface area contributed by atoms with Gasteiger partial charge in [-0.3, -0.25) is 4.79 Å². The molecule has 1 heterocycles. The van der Waals surface area contributed by atoms with Crippen LogP contribution >= 0.6 is 11.3 Å². The largest absolute Gasteiger partial charge is 0.321 e. The number of aryl methyl sites for hydroxylation is 2. The average Bonchev–Trinajstić information content (AvgIpc) is 2.88. The minimum Gasteiger partial charge on any atom is -0.321 e. The van der Waals surface area contributed by atoms with E-state index in [1.165, 1.54) is 37.6 Å². The molecule has 0 radical (unpaired) electrons. The van der Waals surface area contributed by atoms with Crippen molar-refractivity contribution in [3.05, 3.63) is 39.8 Å². The highest BCUT2D eigenvalue weighted by Crippen LogP contribution is 2.22. The summed E-state index contributed by atoms with van der Waals surface area (Å²) in [5, 5.41) is 3.69. The van der Waals surface area contributed by atoms with E-state index in [1.54, 1.807) is 19.1 Å². The summed E-state index contributed by atoms with van der Waals surface area (Å²) < 4.78 is 25.5. The minimum atomic E-state index is -3.54. The molecule has 1 aromatic heterocycles. The summed E-state index contributed by atoms with van der Waals surface area (Å²) in [6.07, 6.45) is 1.81. The molecular formula is C16H21N3O3S2. The molecule has 0 bridgehead atoms. The van der Waals surface area contributed by atoms with Crippen molar-refractivity contribution in [2.24, 2.45) is 0 Å². The molecule has 8 heteroatoms. The van der Waals surface area contributed by atoms with Crippen molar-refractivity contribution in [1.82, 2.24) is 9.29 Å². The Balaban J connectivity index is 2.24. The highest BCUT2D eigenvalue weighted by Gasteiger charge is 2.19. The fourth-order valence-electron chi connectivity index (χ4n) is 2.12. The number of carbonyl (C=O) groups excluding carboxylic acids is 1. The highest BCUT2D eigenvalue weighted by atomic mass is 32.2. The number of rotatable bonds is 6. The van der Waals surface area contributed by atoms with E-state index in [1.807, 2.05) is 0 Å². The Morgan fingerprint density at radius 2 is 2.04 bits per heavy atom. The van der Waals surface area contributed by atoms with Crippen LogP contribution in [0.3, 0.4) is 0 Å². The third-order valence-electron chi connectivity index (χ3n) is 3.38. The number of carbonyl (C=O) groups is 1. The third-order valence-corrected chi connectivity index (χ3v) is 6.41. The first-order valence-electron chi connectivity index (χ1n) is 7.56. The van der Waals surface area contributed by atoms with Gasteiger partial charge in [-0.15, -0.1) is 11.3 Å². The Hall–Kier alpha value is -1.77. The first-order valence-corrected chi connectivity index (χ1v) is 9.81. The maximum atomic E-state index is 12.4. The lowest BCUT2D eigenvalue weighted by Crippen LogP contribution is -2.22. The lowest BCUT2D eigenvalue weighted by atomic mass is 10.3. The Labute approximate surface area is 146 Å².